The lowest BCUT2D eigenvalue weighted by Crippen LogP contribution is -2.67. The van der Waals surface area contributed by atoms with Crippen LogP contribution in [0.25, 0.3) is 0 Å². The Balaban J connectivity index is 1.22. The minimum atomic E-state index is -0.454. The van der Waals surface area contributed by atoms with Crippen molar-refractivity contribution >= 4 is 17.7 Å². The summed E-state index contributed by atoms with van der Waals surface area (Å²) in [4.78, 5) is 48.3. The number of esters is 1. The molecule has 1 aliphatic heterocycles. The van der Waals surface area contributed by atoms with Crippen molar-refractivity contribution in [2.75, 3.05) is 6.54 Å². The van der Waals surface area contributed by atoms with Crippen LogP contribution in [0.15, 0.2) is 36.2 Å². The van der Waals surface area contributed by atoms with Crippen molar-refractivity contribution in [1.82, 2.24) is 9.88 Å². The van der Waals surface area contributed by atoms with E-state index in [-0.39, 0.29) is 57.0 Å². The topological polar surface area (TPSA) is 76.6 Å². The maximum Gasteiger partial charge on any atom is 0.302 e. The monoisotopic (exact) mass is 656 g/mol. The smallest absolute Gasteiger partial charge is 0.302 e. The molecule has 0 radical (unpaired) electrons. The van der Waals surface area contributed by atoms with Crippen LogP contribution >= 0.6 is 0 Å². The lowest BCUT2D eigenvalue weighted by atomic mass is 9.33. The summed E-state index contributed by atoms with van der Waals surface area (Å²) in [6.07, 6.45) is 17.7. The molecule has 2 heterocycles. The second-order valence-corrected chi connectivity index (χ2v) is 19.0. The third-order valence-electron chi connectivity index (χ3n) is 16.2. The number of nitrogens with zero attached hydrogens (tertiary/aromatic N) is 2. The predicted molar refractivity (Wildman–Crippen MR) is 188 cm³/mol. The normalized spacial score (nSPS) is 45.1. The van der Waals surface area contributed by atoms with Crippen molar-refractivity contribution in [2.45, 2.75) is 145 Å². The molecule has 5 fully saturated rings. The van der Waals surface area contributed by atoms with Crippen molar-refractivity contribution in [2.24, 2.45) is 50.2 Å². The number of piperidine rings is 1. The molecule has 1 amide bonds. The van der Waals surface area contributed by atoms with E-state index in [1.165, 1.54) is 12.5 Å². The third-order valence-corrected chi connectivity index (χ3v) is 16.2. The second kappa shape index (κ2) is 11.3. The number of hydrogen-bond donors (Lipinski definition) is 0. The summed E-state index contributed by atoms with van der Waals surface area (Å²) in [7, 11) is 0. The molecule has 262 valence electrons. The fourth-order valence-corrected chi connectivity index (χ4v) is 13.2. The Hall–Kier alpha value is -2.50. The zero-order valence-electron chi connectivity index (χ0n) is 31.0. The molecule has 1 aromatic heterocycles. The molecule has 7 rings (SSSR count). The zero-order valence-corrected chi connectivity index (χ0v) is 31.0. The van der Waals surface area contributed by atoms with Crippen LogP contribution in [0.2, 0.25) is 0 Å². The van der Waals surface area contributed by atoms with Gasteiger partial charge >= 0.3 is 5.97 Å². The number of ketones is 1. The first-order valence-electron chi connectivity index (χ1n) is 19.1. The van der Waals surface area contributed by atoms with Crippen molar-refractivity contribution in [1.29, 1.82) is 0 Å². The van der Waals surface area contributed by atoms with Crippen molar-refractivity contribution < 1.29 is 19.1 Å². The van der Waals surface area contributed by atoms with Gasteiger partial charge in [0.1, 0.15) is 6.10 Å². The number of carbonyl (C=O) groups is 3. The van der Waals surface area contributed by atoms with Crippen LogP contribution in [0.5, 0.6) is 0 Å². The molecule has 4 saturated carbocycles. The molecular formula is C42H60N2O4. The Bertz CT molecular complexity index is 1520. The molecular weight excluding hydrogens is 596 g/mol. The van der Waals surface area contributed by atoms with Gasteiger partial charge in [0.05, 0.1) is 6.04 Å². The molecule has 5 aliphatic carbocycles. The number of carbonyl (C=O) groups excluding carboxylic acids is 3. The van der Waals surface area contributed by atoms with Gasteiger partial charge in [0.15, 0.2) is 5.78 Å². The number of aromatic nitrogens is 1. The first-order chi connectivity index (χ1) is 22.5. The highest BCUT2D eigenvalue weighted by atomic mass is 16.5. The highest BCUT2D eigenvalue weighted by Gasteiger charge is 2.70. The van der Waals surface area contributed by atoms with E-state index in [0.29, 0.717) is 17.6 Å². The zero-order chi connectivity index (χ0) is 34.5. The van der Waals surface area contributed by atoms with E-state index < -0.39 is 5.41 Å². The Kier molecular flexibility index (Phi) is 7.96. The number of likely N-dealkylation sites (tertiary alicyclic amines) is 1. The molecule has 0 bridgehead atoms. The molecule has 0 unspecified atom stereocenters. The summed E-state index contributed by atoms with van der Waals surface area (Å²) in [5.74, 6) is 0.896. The number of amides is 1. The molecule has 10 atom stereocenters. The van der Waals surface area contributed by atoms with E-state index in [1.807, 2.05) is 18.5 Å². The maximum absolute atomic E-state index is 14.8. The van der Waals surface area contributed by atoms with Gasteiger partial charge in [-0.05, 0) is 128 Å². The van der Waals surface area contributed by atoms with Crippen LogP contribution in [-0.4, -0.2) is 40.2 Å². The number of rotatable bonds is 3. The van der Waals surface area contributed by atoms with E-state index in [1.54, 1.807) is 0 Å². The molecule has 0 spiro atoms. The molecule has 6 heteroatoms. The standard InChI is InChI=1S/C42H60N2O4/c1-27(45)48-34-15-16-40(6)33(37(34,2)3)14-17-42(8)35(40)32(46)24-29-30-25-39(5,19-18-38(30,4)20-21-41(29,42)7)36(47)44-23-10-9-13-31(44)28-12-11-22-43-26-28/h11-12,22,24,26,30-31,33-35H,9-10,13-21,23,25H2,1-8H3/t30-,31+,33+,34+,35+,38-,39+,40+,41-,42+/m0/s1. The highest BCUT2D eigenvalue weighted by Crippen LogP contribution is 2.75. The Labute approximate surface area is 289 Å². The minimum Gasteiger partial charge on any atom is -0.462 e. The van der Waals surface area contributed by atoms with Crippen LogP contribution in [-0.2, 0) is 19.1 Å². The summed E-state index contributed by atoms with van der Waals surface area (Å²) >= 11 is 0. The van der Waals surface area contributed by atoms with Crippen LogP contribution < -0.4 is 0 Å². The number of ether oxygens (including phenoxy) is 1. The van der Waals surface area contributed by atoms with E-state index in [2.05, 4.69) is 70.5 Å². The van der Waals surface area contributed by atoms with Gasteiger partial charge in [-0.25, -0.2) is 0 Å². The van der Waals surface area contributed by atoms with Crippen molar-refractivity contribution in [3.8, 4) is 0 Å². The van der Waals surface area contributed by atoms with Gasteiger partial charge in [-0.3, -0.25) is 19.4 Å². The number of pyridine rings is 1. The Morgan fingerprint density at radius 2 is 1.67 bits per heavy atom. The lowest BCUT2D eigenvalue weighted by molar-refractivity contribution is -0.210. The van der Waals surface area contributed by atoms with Gasteiger partial charge in [0, 0.05) is 42.6 Å². The lowest BCUT2D eigenvalue weighted by Gasteiger charge is -2.70. The largest absolute Gasteiger partial charge is 0.462 e. The molecule has 6 aliphatic rings. The van der Waals surface area contributed by atoms with Crippen molar-refractivity contribution in [3.05, 3.63) is 41.7 Å². The highest BCUT2D eigenvalue weighted by molar-refractivity contribution is 5.96. The first kappa shape index (κ1) is 34.0. The molecule has 6 nitrogen and oxygen atoms in total. The SMILES string of the molecule is CC(=O)O[C@@H]1CC[C@]2(C)[C@H](CC[C@]3(C)[C@@H]2C(=O)C=C2[C@@H]4C[C@](C)(C(=O)N5CCCC[C@@H]5c5cccnc5)CC[C@@]4(C)CC[C@@]23C)C1(C)C. The quantitative estimate of drug-likeness (QED) is 0.304. The van der Waals surface area contributed by atoms with Crippen LogP contribution in [0.1, 0.15) is 144 Å². The van der Waals surface area contributed by atoms with E-state index in [0.717, 1.165) is 89.2 Å². The van der Waals surface area contributed by atoms with Gasteiger partial charge < -0.3 is 9.64 Å². The van der Waals surface area contributed by atoms with Crippen LogP contribution in [0.3, 0.4) is 0 Å². The molecule has 0 aromatic carbocycles. The summed E-state index contributed by atoms with van der Waals surface area (Å²) in [5, 5.41) is 0. The number of fused-ring (bicyclic) bond motifs is 7. The van der Waals surface area contributed by atoms with Crippen molar-refractivity contribution in [3.63, 3.8) is 0 Å². The molecule has 48 heavy (non-hydrogen) atoms. The van der Waals surface area contributed by atoms with Gasteiger partial charge in [-0.2, -0.15) is 0 Å². The van der Waals surface area contributed by atoms with Gasteiger partial charge in [0.25, 0.3) is 0 Å². The summed E-state index contributed by atoms with van der Waals surface area (Å²) in [5.41, 5.74) is 1.57. The summed E-state index contributed by atoms with van der Waals surface area (Å²) in [6, 6.07) is 4.21. The maximum atomic E-state index is 14.8. The second-order valence-electron chi connectivity index (χ2n) is 19.0. The van der Waals surface area contributed by atoms with E-state index in [9.17, 15) is 14.4 Å². The molecule has 0 N–H and O–H groups in total. The molecule has 1 aromatic rings. The average molecular weight is 657 g/mol. The van der Waals surface area contributed by atoms with Gasteiger partial charge in [-0.15, -0.1) is 0 Å². The van der Waals surface area contributed by atoms with E-state index in [4.69, 9.17) is 4.74 Å². The summed E-state index contributed by atoms with van der Waals surface area (Å²) < 4.78 is 5.91. The van der Waals surface area contributed by atoms with Crippen LogP contribution in [0, 0.1) is 50.2 Å². The van der Waals surface area contributed by atoms with Crippen LogP contribution in [0.4, 0.5) is 0 Å². The molecule has 1 saturated heterocycles. The third kappa shape index (κ3) is 4.76. The fourth-order valence-electron chi connectivity index (χ4n) is 13.2. The van der Waals surface area contributed by atoms with Gasteiger partial charge in [-0.1, -0.05) is 60.1 Å². The minimum absolute atomic E-state index is 0.0513. The van der Waals surface area contributed by atoms with E-state index >= 15 is 0 Å². The average Bonchev–Trinajstić information content (AvgIpc) is 3.04. The fraction of sp³-hybridized carbons (Fsp3) is 0.762. The van der Waals surface area contributed by atoms with Gasteiger partial charge in [0.2, 0.25) is 5.91 Å². The Morgan fingerprint density at radius 3 is 2.38 bits per heavy atom. The predicted octanol–water partition coefficient (Wildman–Crippen LogP) is 9.05. The number of allylic oxidation sites excluding steroid dienone is 2. The Morgan fingerprint density at radius 1 is 0.917 bits per heavy atom. The number of hydrogen-bond acceptors (Lipinski definition) is 5. The summed E-state index contributed by atoms with van der Waals surface area (Å²) in [6.45, 7) is 18.9. The first-order valence-corrected chi connectivity index (χ1v) is 19.1.